The summed E-state index contributed by atoms with van der Waals surface area (Å²) in [5.41, 5.74) is 4.29. The summed E-state index contributed by atoms with van der Waals surface area (Å²) >= 11 is 1.15. The number of unbranched alkanes of at least 4 members (excludes halogenated alkanes) is 10. The Morgan fingerprint density at radius 3 is 2.11 bits per heavy atom. The number of aromatic nitrogens is 4. The minimum atomic E-state index is -5.57. The topological polar surface area (TPSA) is 364 Å². The quantitative estimate of drug-likeness (QED) is 0.0353. The Labute approximate surface area is 388 Å². The fraction of sp³-hybridized carbons (Fsp3) is 0.789. The molecule has 24 nitrogen and oxygen atoms in total. The van der Waals surface area contributed by atoms with Crippen molar-refractivity contribution < 1.29 is 80.5 Å². The van der Waals surface area contributed by atoms with Gasteiger partial charge in [-0.25, -0.2) is 28.6 Å². The van der Waals surface area contributed by atoms with E-state index >= 15 is 0 Å². The fourth-order valence-electron chi connectivity index (χ4n) is 6.78. The molecule has 0 aromatic carbocycles. The van der Waals surface area contributed by atoms with Crippen LogP contribution in [0.2, 0.25) is 0 Å². The zero-order chi connectivity index (χ0) is 49.1. The van der Waals surface area contributed by atoms with Crippen molar-refractivity contribution in [2.45, 2.75) is 148 Å². The molecular weight excluding hydrogens is 951 g/mol. The lowest BCUT2D eigenvalue weighted by molar-refractivity contribution is -0.137. The number of aliphatic hydroxyl groups excluding tert-OH is 2. The van der Waals surface area contributed by atoms with Crippen molar-refractivity contribution in [1.29, 1.82) is 0 Å². The van der Waals surface area contributed by atoms with Crippen LogP contribution in [0.5, 0.6) is 0 Å². The number of carbonyl (C=O) groups is 3. The number of thioether (sulfide) groups is 1. The van der Waals surface area contributed by atoms with Gasteiger partial charge in [0.05, 0.1) is 19.5 Å². The van der Waals surface area contributed by atoms with Crippen LogP contribution in [0.4, 0.5) is 5.82 Å². The number of carbonyl (C=O) groups excluding carboxylic acids is 3. The van der Waals surface area contributed by atoms with Gasteiger partial charge in [-0.3, -0.25) is 32.5 Å². The summed E-state index contributed by atoms with van der Waals surface area (Å²) < 4.78 is 62.4. The molecule has 3 heterocycles. The molecule has 0 saturated carbocycles. The normalized spacial score (nSPS) is 20.3. The predicted octanol–water partition coefficient (Wildman–Crippen LogP) is 4.39. The summed E-state index contributed by atoms with van der Waals surface area (Å²) in [6.45, 7) is 5.12. The van der Waals surface area contributed by atoms with Crippen LogP contribution in [0.1, 0.15) is 124 Å². The Kier molecular flexibility index (Phi) is 24.3. The van der Waals surface area contributed by atoms with Crippen molar-refractivity contribution >= 4 is 69.1 Å². The molecule has 0 bridgehead atoms. The molecule has 1 aliphatic rings. The summed E-state index contributed by atoms with van der Waals surface area (Å²) in [4.78, 5) is 88.3. The first-order valence-electron chi connectivity index (χ1n) is 22.0. The van der Waals surface area contributed by atoms with Gasteiger partial charge in [-0.05, 0) is 12.3 Å². The molecule has 2 amide bonds. The highest BCUT2D eigenvalue weighted by atomic mass is 32.2. The number of phosphoric ester groups is 3. The highest BCUT2D eigenvalue weighted by molar-refractivity contribution is 8.13. The number of nitrogens with zero attached hydrogens (tertiary/aromatic N) is 4. The van der Waals surface area contributed by atoms with E-state index in [-0.39, 0.29) is 41.6 Å². The first kappa shape index (κ1) is 57.9. The first-order valence-corrected chi connectivity index (χ1v) is 27.5. The standard InChI is InChI=1S/C38H68N7O17P3S/c1-26(2)16-14-12-10-8-6-5-7-9-11-13-15-17-29(47)66-21-20-40-28(46)18-19-41-36(50)33(49)38(3,4)23-59-65(56,57)62-64(54,55)58-22-27-32(61-63(51,52)53)31(48)37(60-27)45-25-44-30-34(39)42-24-43-35(30)45/h24-27,31-33,37,48-49H,5-23H2,1-4H3,(H,40,46)(H,41,50)(H,54,55)(H,56,57)(H2,39,42,43)(H2,51,52,53). The number of phosphoric acid groups is 3. The second kappa shape index (κ2) is 27.7. The molecule has 0 aliphatic carbocycles. The van der Waals surface area contributed by atoms with Crippen LogP contribution < -0.4 is 16.4 Å². The van der Waals surface area contributed by atoms with Gasteiger partial charge in [0.15, 0.2) is 22.8 Å². The Balaban J connectivity index is 1.31. The van der Waals surface area contributed by atoms with Gasteiger partial charge in [-0.2, -0.15) is 4.31 Å². The SMILES string of the molecule is CC(C)CCCCCCCCCCCCCC(=O)SCCNC(=O)CCNC(=O)C(O)C(C)(C)COP(=O)(O)OP(=O)(O)OCC1OC(n2cnc3c(N)ncnc32)C(O)C1OP(=O)(O)O. The van der Waals surface area contributed by atoms with Gasteiger partial charge < -0.3 is 50.9 Å². The molecule has 2 aromatic heterocycles. The third-order valence-electron chi connectivity index (χ3n) is 10.4. The monoisotopic (exact) mass is 1020 g/mol. The van der Waals surface area contributed by atoms with Crippen LogP contribution in [0, 0.1) is 11.3 Å². The fourth-order valence-corrected chi connectivity index (χ4v) is 10.3. The number of ether oxygens (including phenoxy) is 1. The molecule has 1 fully saturated rings. The van der Waals surface area contributed by atoms with Crippen molar-refractivity contribution in [2.75, 3.05) is 37.8 Å². The Hall–Kier alpha value is -2.44. The predicted molar refractivity (Wildman–Crippen MR) is 242 cm³/mol. The van der Waals surface area contributed by atoms with Gasteiger partial charge in [0, 0.05) is 37.1 Å². The van der Waals surface area contributed by atoms with Crippen LogP contribution in [0.3, 0.4) is 0 Å². The van der Waals surface area contributed by atoms with E-state index < -0.39 is 84.6 Å². The second-order valence-electron chi connectivity index (χ2n) is 17.1. The lowest BCUT2D eigenvalue weighted by atomic mass is 9.87. The lowest BCUT2D eigenvalue weighted by Gasteiger charge is -2.30. The molecule has 0 spiro atoms. The molecule has 1 aliphatic heterocycles. The molecule has 7 unspecified atom stereocenters. The van der Waals surface area contributed by atoms with Crippen molar-refractivity contribution in [3.05, 3.63) is 12.7 Å². The number of amides is 2. The third-order valence-corrected chi connectivity index (χ3v) is 14.5. The largest absolute Gasteiger partial charge is 0.481 e. The molecule has 3 rings (SSSR count). The van der Waals surface area contributed by atoms with Gasteiger partial charge >= 0.3 is 23.5 Å². The van der Waals surface area contributed by atoms with E-state index in [4.69, 9.17) is 19.5 Å². The number of nitrogen functional groups attached to an aromatic ring is 1. The summed E-state index contributed by atoms with van der Waals surface area (Å²) in [6, 6.07) is 0. The maximum absolute atomic E-state index is 12.7. The highest BCUT2D eigenvalue weighted by Crippen LogP contribution is 2.61. The Bertz CT molecular complexity index is 1990. The van der Waals surface area contributed by atoms with Crippen molar-refractivity contribution in [3.63, 3.8) is 0 Å². The van der Waals surface area contributed by atoms with E-state index in [9.17, 15) is 57.9 Å². The van der Waals surface area contributed by atoms with Gasteiger partial charge in [0.2, 0.25) is 11.8 Å². The molecule has 2 aromatic rings. The van der Waals surface area contributed by atoms with Crippen molar-refractivity contribution in [3.8, 4) is 0 Å². The Morgan fingerprint density at radius 1 is 0.879 bits per heavy atom. The number of anilines is 1. The highest BCUT2D eigenvalue weighted by Gasteiger charge is 2.50. The minimum absolute atomic E-state index is 0.0337. The summed E-state index contributed by atoms with van der Waals surface area (Å²) in [5, 5.41) is 26.7. The van der Waals surface area contributed by atoms with Crippen LogP contribution in [-0.4, -0.2) is 123 Å². The van der Waals surface area contributed by atoms with Crippen LogP contribution in [0.25, 0.3) is 11.2 Å². The average molecular weight is 1020 g/mol. The minimum Gasteiger partial charge on any atom is -0.386 e. The molecule has 66 heavy (non-hydrogen) atoms. The Morgan fingerprint density at radius 2 is 1.48 bits per heavy atom. The number of hydrogen-bond acceptors (Lipinski definition) is 18. The van der Waals surface area contributed by atoms with Gasteiger partial charge in [0.1, 0.15) is 36.3 Å². The summed E-state index contributed by atoms with van der Waals surface area (Å²) in [6.07, 6.45) is 8.18. The number of fused-ring (bicyclic) bond motifs is 1. The van der Waals surface area contributed by atoms with Gasteiger partial charge in [-0.15, -0.1) is 0 Å². The van der Waals surface area contributed by atoms with E-state index in [1.54, 1.807) is 0 Å². The molecule has 10 N–H and O–H groups in total. The third kappa shape index (κ3) is 21.1. The summed E-state index contributed by atoms with van der Waals surface area (Å²) in [7, 11) is -16.4. The maximum atomic E-state index is 12.7. The van der Waals surface area contributed by atoms with Crippen LogP contribution in [0.15, 0.2) is 12.7 Å². The molecule has 378 valence electrons. The second-order valence-corrected chi connectivity index (χ2v) is 22.5. The number of rotatable bonds is 33. The van der Waals surface area contributed by atoms with Crippen LogP contribution >= 0.6 is 35.2 Å². The first-order chi connectivity index (χ1) is 30.9. The molecule has 7 atom stereocenters. The van der Waals surface area contributed by atoms with E-state index in [0.29, 0.717) is 12.2 Å². The molecule has 1 saturated heterocycles. The van der Waals surface area contributed by atoms with E-state index in [0.717, 1.165) is 54.2 Å². The van der Waals surface area contributed by atoms with Gasteiger partial charge in [-0.1, -0.05) is 110 Å². The zero-order valence-corrected chi connectivity index (χ0v) is 41.3. The number of imidazole rings is 1. The zero-order valence-electron chi connectivity index (χ0n) is 37.8. The van der Waals surface area contributed by atoms with E-state index in [2.05, 4.69) is 48.3 Å². The lowest BCUT2D eigenvalue weighted by Crippen LogP contribution is -2.46. The van der Waals surface area contributed by atoms with E-state index in [1.165, 1.54) is 71.6 Å². The smallest absolute Gasteiger partial charge is 0.386 e. The summed E-state index contributed by atoms with van der Waals surface area (Å²) in [5.74, 6) is -0.232. The van der Waals surface area contributed by atoms with E-state index in [1.807, 2.05) is 0 Å². The number of aliphatic hydroxyl groups is 2. The number of nitrogens with one attached hydrogen (secondary N) is 2. The average Bonchev–Trinajstić information content (AvgIpc) is 3.79. The maximum Gasteiger partial charge on any atom is 0.481 e. The van der Waals surface area contributed by atoms with Crippen molar-refractivity contribution in [2.24, 2.45) is 11.3 Å². The number of hydrogen-bond donors (Lipinski definition) is 9. The molecule has 28 heteroatoms. The van der Waals surface area contributed by atoms with Gasteiger partial charge in [0.25, 0.3) is 0 Å². The van der Waals surface area contributed by atoms with Crippen molar-refractivity contribution in [1.82, 2.24) is 30.2 Å². The molecule has 0 radical (unpaired) electrons. The van der Waals surface area contributed by atoms with Crippen LogP contribution in [-0.2, 0) is 50.7 Å². The molecular formula is C38H68N7O17P3S. The number of nitrogens with two attached hydrogens (primary N) is 1.